The molecular formula is C25H33N3O4. The minimum atomic E-state index is -0.467. The van der Waals surface area contributed by atoms with Gasteiger partial charge in [-0.2, -0.15) is 0 Å². The minimum Gasteiger partial charge on any atom is -0.456 e. The van der Waals surface area contributed by atoms with E-state index in [1.807, 2.05) is 6.07 Å². The second kappa shape index (κ2) is 10.7. The average molecular weight is 440 g/mol. The van der Waals surface area contributed by atoms with Gasteiger partial charge in [0.2, 0.25) is 0 Å². The van der Waals surface area contributed by atoms with Crippen LogP contribution in [0.4, 0.5) is 0 Å². The fourth-order valence-electron chi connectivity index (χ4n) is 5.19. The summed E-state index contributed by atoms with van der Waals surface area (Å²) in [7, 11) is 0. The summed E-state index contributed by atoms with van der Waals surface area (Å²) in [4.78, 5) is 44.3. The van der Waals surface area contributed by atoms with Gasteiger partial charge in [-0.3, -0.25) is 19.0 Å². The Kier molecular flexibility index (Phi) is 7.55. The molecule has 2 aromatic rings. The molecular weight excluding hydrogens is 406 g/mol. The van der Waals surface area contributed by atoms with Gasteiger partial charge in [-0.15, -0.1) is 0 Å². The number of aromatic nitrogens is 2. The summed E-state index contributed by atoms with van der Waals surface area (Å²) in [5, 5.41) is 0.522. The van der Waals surface area contributed by atoms with Crippen molar-refractivity contribution in [3.63, 3.8) is 0 Å². The highest BCUT2D eigenvalue weighted by molar-refractivity contribution is 5.81. The summed E-state index contributed by atoms with van der Waals surface area (Å²) in [5.41, 5.74) is 0.452. The highest BCUT2D eigenvalue weighted by atomic mass is 16.5. The van der Waals surface area contributed by atoms with Gasteiger partial charge in [0.05, 0.1) is 23.7 Å². The van der Waals surface area contributed by atoms with Crippen molar-refractivity contribution < 1.29 is 14.3 Å². The van der Waals surface area contributed by atoms with Gasteiger partial charge >= 0.3 is 5.97 Å². The van der Waals surface area contributed by atoms with Crippen molar-refractivity contribution in [2.45, 2.75) is 89.3 Å². The molecule has 172 valence electrons. The molecule has 4 rings (SSSR count). The van der Waals surface area contributed by atoms with E-state index >= 15 is 0 Å². The van der Waals surface area contributed by atoms with E-state index in [0.717, 1.165) is 51.4 Å². The fraction of sp³-hybridized carbons (Fsp3) is 0.600. The highest BCUT2D eigenvalue weighted by Gasteiger charge is 2.32. The van der Waals surface area contributed by atoms with Crippen LogP contribution in [-0.2, 0) is 20.9 Å². The quantitative estimate of drug-likeness (QED) is 0.613. The number of carbonyl (C=O) groups excluding carboxylic acids is 2. The van der Waals surface area contributed by atoms with Gasteiger partial charge in [0.1, 0.15) is 0 Å². The van der Waals surface area contributed by atoms with Crippen molar-refractivity contribution in [1.82, 2.24) is 14.5 Å². The van der Waals surface area contributed by atoms with Crippen molar-refractivity contribution in [2.75, 3.05) is 6.61 Å². The standard InChI is InChI=1S/C25H33N3O4/c29-23(28(19-9-3-1-4-10-19)20-11-5-2-6-12-20)17-32-24(30)15-16-27-18-26-22-14-8-7-13-21(22)25(27)31/h7-8,13-14,18-20H,1-6,9-12,15-17H2. The van der Waals surface area contributed by atoms with Crippen LogP contribution >= 0.6 is 0 Å². The summed E-state index contributed by atoms with van der Waals surface area (Å²) in [6.07, 6.45) is 12.8. The van der Waals surface area contributed by atoms with E-state index in [9.17, 15) is 14.4 Å². The van der Waals surface area contributed by atoms with Gasteiger partial charge in [0, 0.05) is 18.6 Å². The zero-order chi connectivity index (χ0) is 22.3. The Balaban J connectivity index is 1.33. The number of rotatable bonds is 7. The van der Waals surface area contributed by atoms with E-state index in [4.69, 9.17) is 4.74 Å². The molecule has 0 bridgehead atoms. The third-order valence-electron chi connectivity index (χ3n) is 6.87. The van der Waals surface area contributed by atoms with E-state index < -0.39 is 5.97 Å². The lowest BCUT2D eigenvalue weighted by molar-refractivity contribution is -0.155. The summed E-state index contributed by atoms with van der Waals surface area (Å²) < 4.78 is 6.77. The van der Waals surface area contributed by atoms with Crippen molar-refractivity contribution in [3.05, 3.63) is 40.9 Å². The topological polar surface area (TPSA) is 81.5 Å². The third-order valence-corrected chi connectivity index (χ3v) is 6.87. The molecule has 1 aromatic heterocycles. The molecule has 0 aliphatic heterocycles. The maximum atomic E-state index is 13.1. The van der Waals surface area contributed by atoms with E-state index in [0.29, 0.717) is 10.9 Å². The molecule has 2 aliphatic carbocycles. The van der Waals surface area contributed by atoms with Crippen LogP contribution in [0.25, 0.3) is 10.9 Å². The van der Waals surface area contributed by atoms with Gasteiger partial charge in [-0.1, -0.05) is 50.7 Å². The van der Waals surface area contributed by atoms with Crippen molar-refractivity contribution in [1.29, 1.82) is 0 Å². The molecule has 2 saturated carbocycles. The zero-order valence-corrected chi connectivity index (χ0v) is 18.7. The zero-order valence-electron chi connectivity index (χ0n) is 18.7. The maximum Gasteiger partial charge on any atom is 0.308 e. The smallest absolute Gasteiger partial charge is 0.308 e. The van der Waals surface area contributed by atoms with E-state index in [2.05, 4.69) is 9.88 Å². The number of aryl methyl sites for hydroxylation is 1. The van der Waals surface area contributed by atoms with Crippen LogP contribution in [0.15, 0.2) is 35.4 Å². The van der Waals surface area contributed by atoms with Gasteiger partial charge < -0.3 is 9.64 Å². The minimum absolute atomic E-state index is 0.0278. The number of esters is 1. The molecule has 7 heteroatoms. The molecule has 0 radical (unpaired) electrons. The molecule has 0 atom stereocenters. The molecule has 1 heterocycles. The van der Waals surface area contributed by atoms with Gasteiger partial charge in [-0.05, 0) is 37.8 Å². The van der Waals surface area contributed by atoms with Crippen LogP contribution in [0.1, 0.15) is 70.6 Å². The predicted molar refractivity (Wildman–Crippen MR) is 122 cm³/mol. The number of hydrogen-bond donors (Lipinski definition) is 0. The molecule has 0 spiro atoms. The molecule has 7 nitrogen and oxygen atoms in total. The van der Waals surface area contributed by atoms with Crippen LogP contribution in [0.3, 0.4) is 0 Å². The molecule has 1 amide bonds. The Bertz CT molecular complexity index is 972. The summed E-state index contributed by atoms with van der Waals surface area (Å²) in [6, 6.07) is 7.69. The summed E-state index contributed by atoms with van der Waals surface area (Å²) >= 11 is 0. The lowest BCUT2D eigenvalue weighted by atomic mass is 9.88. The highest BCUT2D eigenvalue weighted by Crippen LogP contribution is 2.30. The SMILES string of the molecule is O=C(CCn1cnc2ccccc2c1=O)OCC(=O)N(C1CCCCC1)C1CCCCC1. The van der Waals surface area contributed by atoms with Crippen molar-refractivity contribution >= 4 is 22.8 Å². The average Bonchev–Trinajstić information content (AvgIpc) is 2.84. The first-order valence-corrected chi connectivity index (χ1v) is 12.0. The molecule has 2 aliphatic rings. The number of ether oxygens (including phenoxy) is 1. The summed E-state index contributed by atoms with van der Waals surface area (Å²) in [5.74, 6) is -0.535. The number of amides is 1. The van der Waals surface area contributed by atoms with Crippen LogP contribution < -0.4 is 5.56 Å². The first-order chi connectivity index (χ1) is 15.6. The maximum absolute atomic E-state index is 13.1. The van der Waals surface area contributed by atoms with Crippen LogP contribution in [0.5, 0.6) is 0 Å². The summed E-state index contributed by atoms with van der Waals surface area (Å²) in [6.45, 7) is -0.0324. The number of para-hydroxylation sites is 1. The monoisotopic (exact) mass is 439 g/mol. The molecule has 1 aromatic carbocycles. The first-order valence-electron chi connectivity index (χ1n) is 12.0. The number of benzene rings is 1. The van der Waals surface area contributed by atoms with Crippen LogP contribution in [0, 0.1) is 0 Å². The Morgan fingerprint density at radius 1 is 0.969 bits per heavy atom. The molecule has 0 N–H and O–H groups in total. The number of fused-ring (bicyclic) bond motifs is 1. The van der Waals surface area contributed by atoms with Crippen LogP contribution in [0.2, 0.25) is 0 Å². The normalized spacial score (nSPS) is 17.9. The second-order valence-electron chi connectivity index (χ2n) is 9.06. The van der Waals surface area contributed by atoms with Crippen molar-refractivity contribution in [3.8, 4) is 0 Å². The number of nitrogens with zero attached hydrogens (tertiary/aromatic N) is 3. The van der Waals surface area contributed by atoms with E-state index in [1.54, 1.807) is 18.2 Å². The van der Waals surface area contributed by atoms with E-state index in [-0.39, 0.29) is 43.1 Å². The Labute approximate surface area is 188 Å². The van der Waals surface area contributed by atoms with Gasteiger partial charge in [0.15, 0.2) is 6.61 Å². The molecule has 0 unspecified atom stereocenters. The Hall–Kier alpha value is -2.70. The molecule has 2 fully saturated rings. The second-order valence-corrected chi connectivity index (χ2v) is 9.06. The van der Waals surface area contributed by atoms with Gasteiger partial charge in [0.25, 0.3) is 11.5 Å². The fourth-order valence-corrected chi connectivity index (χ4v) is 5.19. The lowest BCUT2D eigenvalue weighted by Crippen LogP contribution is -2.50. The third kappa shape index (κ3) is 5.37. The predicted octanol–water partition coefficient (Wildman–Crippen LogP) is 3.82. The number of carbonyl (C=O) groups is 2. The molecule has 0 saturated heterocycles. The largest absolute Gasteiger partial charge is 0.456 e. The Morgan fingerprint density at radius 2 is 1.59 bits per heavy atom. The lowest BCUT2D eigenvalue weighted by Gasteiger charge is -2.41. The first kappa shape index (κ1) is 22.5. The van der Waals surface area contributed by atoms with Gasteiger partial charge in [-0.25, -0.2) is 4.98 Å². The van der Waals surface area contributed by atoms with Crippen LogP contribution in [-0.4, -0.2) is 45.0 Å². The van der Waals surface area contributed by atoms with E-state index in [1.165, 1.54) is 23.7 Å². The molecule has 32 heavy (non-hydrogen) atoms. The number of hydrogen-bond acceptors (Lipinski definition) is 5. The Morgan fingerprint density at radius 3 is 2.25 bits per heavy atom. The van der Waals surface area contributed by atoms with Crippen molar-refractivity contribution in [2.24, 2.45) is 0 Å².